The van der Waals surface area contributed by atoms with E-state index in [9.17, 15) is 5.11 Å². The summed E-state index contributed by atoms with van der Waals surface area (Å²) in [6, 6.07) is 11.1. The van der Waals surface area contributed by atoms with E-state index in [2.05, 4.69) is 0 Å². The maximum atomic E-state index is 9.54. The van der Waals surface area contributed by atoms with Crippen LogP contribution >= 0.6 is 23.2 Å². The number of aromatic hydroxyl groups is 1. The van der Waals surface area contributed by atoms with Crippen molar-refractivity contribution in [2.45, 2.75) is 13.3 Å². The average Bonchev–Trinajstić information content (AvgIpc) is 2.31. The van der Waals surface area contributed by atoms with Crippen molar-refractivity contribution in [3.8, 4) is 5.75 Å². The Kier molecular flexibility index (Phi) is 3.60. The third kappa shape index (κ3) is 2.56. The van der Waals surface area contributed by atoms with Crippen LogP contribution in [0.4, 0.5) is 0 Å². The molecule has 1 nitrogen and oxygen atoms in total. The summed E-state index contributed by atoms with van der Waals surface area (Å²) in [4.78, 5) is 0. The van der Waals surface area contributed by atoms with Gasteiger partial charge in [0.05, 0.1) is 5.02 Å². The molecular formula is C14H12Cl2O. The highest BCUT2D eigenvalue weighted by molar-refractivity contribution is 6.33. The van der Waals surface area contributed by atoms with Gasteiger partial charge in [0, 0.05) is 11.4 Å². The zero-order chi connectivity index (χ0) is 12.4. The molecule has 0 aliphatic carbocycles. The van der Waals surface area contributed by atoms with E-state index < -0.39 is 0 Å². The summed E-state index contributed by atoms with van der Waals surface area (Å²) in [7, 11) is 0. The van der Waals surface area contributed by atoms with Gasteiger partial charge in [-0.15, -0.1) is 0 Å². The topological polar surface area (TPSA) is 20.2 Å². The van der Waals surface area contributed by atoms with E-state index in [-0.39, 0.29) is 5.75 Å². The highest BCUT2D eigenvalue weighted by Gasteiger charge is 2.08. The first-order valence-electron chi connectivity index (χ1n) is 5.30. The Morgan fingerprint density at radius 2 is 1.53 bits per heavy atom. The predicted octanol–water partition coefficient (Wildman–Crippen LogP) is 4.60. The molecule has 0 heterocycles. The molecule has 0 spiro atoms. The molecule has 0 amide bonds. The molecule has 88 valence electrons. The van der Waals surface area contributed by atoms with Crippen molar-refractivity contribution >= 4 is 23.2 Å². The van der Waals surface area contributed by atoms with Gasteiger partial charge in [-0.05, 0) is 29.7 Å². The molecule has 2 rings (SSSR count). The number of hydrogen-bond donors (Lipinski definition) is 1. The highest BCUT2D eigenvalue weighted by atomic mass is 35.5. The van der Waals surface area contributed by atoms with Gasteiger partial charge in [-0.1, -0.05) is 53.5 Å². The molecule has 0 radical (unpaired) electrons. The zero-order valence-corrected chi connectivity index (χ0v) is 10.9. The van der Waals surface area contributed by atoms with Crippen molar-refractivity contribution < 1.29 is 5.11 Å². The van der Waals surface area contributed by atoms with Crippen LogP contribution in [0.25, 0.3) is 0 Å². The van der Waals surface area contributed by atoms with Crippen LogP contribution in [0.5, 0.6) is 5.75 Å². The Morgan fingerprint density at radius 3 is 2.24 bits per heavy atom. The standard InChI is InChI=1S/C14H12Cl2O/c1-9-4-2-5-10(13(9)15)8-11-6-3-7-12(17)14(11)16/h2-7,17H,8H2,1H3/i13+1,14+1. The Hall–Kier alpha value is -1.18. The predicted molar refractivity (Wildman–Crippen MR) is 72.1 cm³/mol. The molecule has 0 saturated carbocycles. The molecule has 0 unspecified atom stereocenters. The van der Waals surface area contributed by atoms with Crippen molar-refractivity contribution in [3.05, 3.63) is 63.1 Å². The second-order valence-corrected chi connectivity index (χ2v) is 4.73. The van der Waals surface area contributed by atoms with Crippen LogP contribution < -0.4 is 0 Å². The third-order valence-electron chi connectivity index (χ3n) is 2.71. The van der Waals surface area contributed by atoms with Crippen LogP contribution in [-0.2, 0) is 6.42 Å². The van der Waals surface area contributed by atoms with E-state index in [4.69, 9.17) is 23.2 Å². The van der Waals surface area contributed by atoms with Crippen LogP contribution in [0.3, 0.4) is 0 Å². The summed E-state index contributed by atoms with van der Waals surface area (Å²) in [6.07, 6.45) is 0.619. The largest absolute Gasteiger partial charge is 0.506 e. The van der Waals surface area contributed by atoms with Gasteiger partial charge in [-0.25, -0.2) is 0 Å². The molecule has 2 aromatic carbocycles. The molecule has 1 N–H and O–H groups in total. The Morgan fingerprint density at radius 1 is 0.941 bits per heavy atom. The highest BCUT2D eigenvalue weighted by Crippen LogP contribution is 2.30. The molecule has 0 fully saturated rings. The third-order valence-corrected chi connectivity index (χ3v) is 3.69. The van der Waals surface area contributed by atoms with E-state index in [0.29, 0.717) is 11.4 Å². The fourth-order valence-corrected chi connectivity index (χ4v) is 2.14. The monoisotopic (exact) mass is 268 g/mol. The first kappa shape index (κ1) is 12.3. The van der Waals surface area contributed by atoms with E-state index in [0.717, 1.165) is 21.7 Å². The van der Waals surface area contributed by atoms with E-state index >= 15 is 0 Å². The molecular weight excluding hydrogens is 257 g/mol. The van der Waals surface area contributed by atoms with Gasteiger partial charge < -0.3 is 5.11 Å². The number of phenols is 1. The molecule has 0 saturated heterocycles. The lowest BCUT2D eigenvalue weighted by atomic mass is 10.1. The zero-order valence-electron chi connectivity index (χ0n) is 9.37. The normalized spacial score (nSPS) is 10.5. The SMILES string of the molecule is Cc1cccc(Cc2cccc(O)[13c]2Cl)[13c]1Cl. The molecule has 0 aliphatic heterocycles. The lowest BCUT2D eigenvalue weighted by Gasteiger charge is -2.09. The Bertz CT molecular complexity index is 500. The van der Waals surface area contributed by atoms with Gasteiger partial charge in [0.1, 0.15) is 5.75 Å². The average molecular weight is 269 g/mol. The molecule has 3 heteroatoms. The lowest BCUT2D eigenvalue weighted by molar-refractivity contribution is 0.475. The minimum Gasteiger partial charge on any atom is -0.506 e. The van der Waals surface area contributed by atoms with Crippen molar-refractivity contribution in [2.24, 2.45) is 0 Å². The van der Waals surface area contributed by atoms with E-state index in [1.54, 1.807) is 12.1 Å². The van der Waals surface area contributed by atoms with Crippen LogP contribution in [0, 0.1) is 6.92 Å². The quantitative estimate of drug-likeness (QED) is 0.844. The number of phenolic OH excluding ortho intramolecular Hbond substituents is 1. The minimum atomic E-state index is 0.105. The summed E-state index contributed by atoms with van der Waals surface area (Å²) in [5.74, 6) is 0.105. The van der Waals surface area contributed by atoms with Gasteiger partial charge in [-0.2, -0.15) is 0 Å². The lowest BCUT2D eigenvalue weighted by Crippen LogP contribution is -1.92. The van der Waals surface area contributed by atoms with Crippen LogP contribution in [0.2, 0.25) is 10.0 Å². The van der Waals surface area contributed by atoms with Crippen molar-refractivity contribution in [1.29, 1.82) is 0 Å². The number of benzene rings is 2. The Labute approximate surface area is 111 Å². The summed E-state index contributed by atoms with van der Waals surface area (Å²) < 4.78 is 0. The fraction of sp³-hybridized carbons (Fsp3) is 0.143. The van der Waals surface area contributed by atoms with Gasteiger partial charge in [-0.3, -0.25) is 0 Å². The molecule has 2 aromatic rings. The van der Waals surface area contributed by atoms with Crippen LogP contribution in [-0.4, -0.2) is 5.11 Å². The van der Waals surface area contributed by atoms with Gasteiger partial charge >= 0.3 is 0 Å². The first-order chi connectivity index (χ1) is 8.09. The molecule has 0 aromatic heterocycles. The molecule has 0 aliphatic rings. The summed E-state index contributed by atoms with van der Waals surface area (Å²) in [5, 5.41) is 10.7. The van der Waals surface area contributed by atoms with Gasteiger partial charge in [0.2, 0.25) is 0 Å². The fourth-order valence-electron chi connectivity index (χ4n) is 1.75. The number of halogens is 2. The second kappa shape index (κ2) is 4.99. The maximum Gasteiger partial charge on any atom is 0.134 e. The van der Waals surface area contributed by atoms with Gasteiger partial charge in [0.25, 0.3) is 0 Å². The maximum absolute atomic E-state index is 9.54. The first-order valence-corrected chi connectivity index (χ1v) is 6.05. The van der Waals surface area contributed by atoms with Gasteiger partial charge in [0.15, 0.2) is 0 Å². The van der Waals surface area contributed by atoms with E-state index in [1.165, 1.54) is 0 Å². The van der Waals surface area contributed by atoms with Crippen molar-refractivity contribution in [2.75, 3.05) is 0 Å². The van der Waals surface area contributed by atoms with Crippen LogP contribution in [0.1, 0.15) is 16.7 Å². The molecule has 0 bridgehead atoms. The van der Waals surface area contributed by atoms with Crippen molar-refractivity contribution in [1.82, 2.24) is 0 Å². The number of hydrogen-bond acceptors (Lipinski definition) is 1. The summed E-state index contributed by atoms with van der Waals surface area (Å²) >= 11 is 12.3. The van der Waals surface area contributed by atoms with Crippen LogP contribution in [0.15, 0.2) is 36.4 Å². The van der Waals surface area contributed by atoms with Crippen molar-refractivity contribution in [3.63, 3.8) is 0 Å². The summed E-state index contributed by atoms with van der Waals surface area (Å²) in [6.45, 7) is 1.97. The number of rotatable bonds is 2. The van der Waals surface area contributed by atoms with E-state index in [1.807, 2.05) is 31.2 Å². The summed E-state index contributed by atoms with van der Waals surface area (Å²) in [5.41, 5.74) is 2.93. The molecule has 0 atom stereocenters. The number of aryl methyl sites for hydroxylation is 1. The smallest absolute Gasteiger partial charge is 0.134 e. The second-order valence-electron chi connectivity index (χ2n) is 3.98. The molecule has 17 heavy (non-hydrogen) atoms. The Balaban J connectivity index is 2.38. The minimum absolute atomic E-state index is 0.105.